The fourth-order valence-electron chi connectivity index (χ4n) is 3.01. The quantitative estimate of drug-likeness (QED) is 0.928. The monoisotopic (exact) mass is 284 g/mol. The lowest BCUT2D eigenvalue weighted by Crippen LogP contribution is -2.26. The molecule has 0 unspecified atom stereocenters. The summed E-state index contributed by atoms with van der Waals surface area (Å²) >= 11 is 0. The van der Waals surface area contributed by atoms with Gasteiger partial charge in [-0.25, -0.2) is 4.39 Å². The van der Waals surface area contributed by atoms with Crippen molar-refractivity contribution in [2.75, 3.05) is 13.6 Å². The Kier molecular flexibility index (Phi) is 4.32. The maximum Gasteiger partial charge on any atom is 0.123 e. The van der Waals surface area contributed by atoms with E-state index in [0.29, 0.717) is 0 Å². The summed E-state index contributed by atoms with van der Waals surface area (Å²) in [4.78, 5) is 2.28. The van der Waals surface area contributed by atoms with E-state index in [0.717, 1.165) is 38.2 Å². The summed E-state index contributed by atoms with van der Waals surface area (Å²) in [5, 5.41) is 3.42. The highest BCUT2D eigenvalue weighted by molar-refractivity contribution is 5.37. The van der Waals surface area contributed by atoms with Gasteiger partial charge < -0.3 is 5.32 Å². The molecule has 0 radical (unpaired) electrons. The molecule has 110 valence electrons. The van der Waals surface area contributed by atoms with Crippen LogP contribution in [0.2, 0.25) is 0 Å². The van der Waals surface area contributed by atoms with Gasteiger partial charge in [-0.15, -0.1) is 0 Å². The molecule has 1 heterocycles. The third-order valence-corrected chi connectivity index (χ3v) is 4.04. The first-order valence-corrected chi connectivity index (χ1v) is 7.46. The highest BCUT2D eigenvalue weighted by Crippen LogP contribution is 2.20. The van der Waals surface area contributed by atoms with Gasteiger partial charge in [-0.05, 0) is 54.4 Å². The standard InChI is InChI=1S/C18H21FN2/c1-21(12-14-5-7-17(19)8-6-14)13-16-4-2-3-15-11-20-10-9-18(15)16/h2-8,20H,9-13H2,1H3. The van der Waals surface area contributed by atoms with Crippen molar-refractivity contribution in [3.63, 3.8) is 0 Å². The lowest BCUT2D eigenvalue weighted by molar-refractivity contribution is 0.317. The second-order valence-corrected chi connectivity index (χ2v) is 5.78. The topological polar surface area (TPSA) is 15.3 Å². The van der Waals surface area contributed by atoms with E-state index in [1.807, 2.05) is 12.1 Å². The molecule has 1 aliphatic heterocycles. The molecule has 21 heavy (non-hydrogen) atoms. The molecule has 1 aliphatic rings. The predicted octanol–water partition coefficient (Wildman–Crippen LogP) is 3.10. The van der Waals surface area contributed by atoms with Gasteiger partial charge in [0, 0.05) is 19.6 Å². The second-order valence-electron chi connectivity index (χ2n) is 5.78. The molecule has 0 spiro atoms. The molecule has 0 amide bonds. The molecular weight excluding hydrogens is 263 g/mol. The van der Waals surface area contributed by atoms with Gasteiger partial charge in [0.1, 0.15) is 5.82 Å². The Morgan fingerprint density at radius 3 is 2.71 bits per heavy atom. The van der Waals surface area contributed by atoms with E-state index in [1.54, 1.807) is 0 Å². The van der Waals surface area contributed by atoms with E-state index in [9.17, 15) is 4.39 Å². The van der Waals surface area contributed by atoms with Crippen LogP contribution in [0, 0.1) is 5.82 Å². The van der Waals surface area contributed by atoms with Crippen molar-refractivity contribution in [1.82, 2.24) is 10.2 Å². The highest BCUT2D eigenvalue weighted by atomic mass is 19.1. The predicted molar refractivity (Wildman–Crippen MR) is 83.4 cm³/mol. The number of hydrogen-bond donors (Lipinski definition) is 1. The summed E-state index contributed by atoms with van der Waals surface area (Å²) < 4.78 is 12.9. The largest absolute Gasteiger partial charge is 0.312 e. The van der Waals surface area contributed by atoms with Crippen molar-refractivity contribution in [2.24, 2.45) is 0 Å². The van der Waals surface area contributed by atoms with Gasteiger partial charge in [0.15, 0.2) is 0 Å². The van der Waals surface area contributed by atoms with Crippen LogP contribution < -0.4 is 5.32 Å². The van der Waals surface area contributed by atoms with Crippen molar-refractivity contribution >= 4 is 0 Å². The van der Waals surface area contributed by atoms with Crippen LogP contribution in [-0.4, -0.2) is 18.5 Å². The molecule has 2 nitrogen and oxygen atoms in total. The molecule has 3 heteroatoms. The molecule has 0 bridgehead atoms. The van der Waals surface area contributed by atoms with Crippen LogP contribution in [0.25, 0.3) is 0 Å². The Bertz CT molecular complexity index is 607. The van der Waals surface area contributed by atoms with Gasteiger partial charge in [-0.3, -0.25) is 4.90 Å². The Morgan fingerprint density at radius 1 is 1.10 bits per heavy atom. The van der Waals surface area contributed by atoms with Crippen LogP contribution in [0.1, 0.15) is 22.3 Å². The Morgan fingerprint density at radius 2 is 1.90 bits per heavy atom. The third kappa shape index (κ3) is 3.49. The molecule has 0 saturated carbocycles. The van der Waals surface area contributed by atoms with Gasteiger partial charge in [0.05, 0.1) is 0 Å². The van der Waals surface area contributed by atoms with E-state index in [-0.39, 0.29) is 5.82 Å². The zero-order chi connectivity index (χ0) is 14.7. The second kappa shape index (κ2) is 6.37. The van der Waals surface area contributed by atoms with Crippen LogP contribution >= 0.6 is 0 Å². The molecule has 0 atom stereocenters. The highest BCUT2D eigenvalue weighted by Gasteiger charge is 2.13. The first kappa shape index (κ1) is 14.2. The molecule has 2 aromatic carbocycles. The van der Waals surface area contributed by atoms with Gasteiger partial charge in [0.25, 0.3) is 0 Å². The molecule has 3 rings (SSSR count). The summed E-state index contributed by atoms with van der Waals surface area (Å²) in [5.41, 5.74) is 5.49. The Balaban J connectivity index is 1.70. The molecule has 1 N–H and O–H groups in total. The minimum atomic E-state index is -0.175. The molecule has 0 fully saturated rings. The SMILES string of the molecule is CN(Cc1ccc(F)cc1)Cc1cccc2c1CCNC2. The first-order chi connectivity index (χ1) is 10.2. The lowest BCUT2D eigenvalue weighted by Gasteiger charge is -2.23. The van der Waals surface area contributed by atoms with E-state index >= 15 is 0 Å². The smallest absolute Gasteiger partial charge is 0.123 e. The van der Waals surface area contributed by atoms with Crippen LogP contribution in [0.3, 0.4) is 0 Å². The van der Waals surface area contributed by atoms with Crippen molar-refractivity contribution < 1.29 is 4.39 Å². The van der Waals surface area contributed by atoms with E-state index in [1.165, 1.54) is 28.8 Å². The molecule has 2 aromatic rings. The van der Waals surface area contributed by atoms with Crippen LogP contribution in [0.15, 0.2) is 42.5 Å². The number of rotatable bonds is 4. The summed E-state index contributed by atoms with van der Waals surface area (Å²) in [7, 11) is 2.11. The maximum atomic E-state index is 12.9. The third-order valence-electron chi connectivity index (χ3n) is 4.04. The van der Waals surface area contributed by atoms with Crippen molar-refractivity contribution in [3.05, 3.63) is 70.5 Å². The number of benzene rings is 2. The number of fused-ring (bicyclic) bond motifs is 1. The molecule has 0 aliphatic carbocycles. The van der Waals surface area contributed by atoms with E-state index in [4.69, 9.17) is 0 Å². The zero-order valence-electron chi connectivity index (χ0n) is 12.4. The zero-order valence-corrected chi connectivity index (χ0v) is 12.4. The lowest BCUT2D eigenvalue weighted by atomic mass is 9.95. The minimum absolute atomic E-state index is 0.175. The summed E-state index contributed by atoms with van der Waals surface area (Å²) in [6.45, 7) is 3.80. The summed E-state index contributed by atoms with van der Waals surface area (Å²) in [6.07, 6.45) is 1.11. The maximum absolute atomic E-state index is 12.9. The number of halogens is 1. The molecular formula is C18H21FN2. The molecule has 0 saturated heterocycles. The Labute approximate surface area is 125 Å². The van der Waals surface area contributed by atoms with Crippen LogP contribution in [0.5, 0.6) is 0 Å². The number of hydrogen-bond acceptors (Lipinski definition) is 2. The molecule has 0 aromatic heterocycles. The first-order valence-electron chi connectivity index (χ1n) is 7.46. The number of nitrogens with one attached hydrogen (secondary N) is 1. The van der Waals surface area contributed by atoms with Gasteiger partial charge >= 0.3 is 0 Å². The number of nitrogens with zero attached hydrogens (tertiary/aromatic N) is 1. The summed E-state index contributed by atoms with van der Waals surface area (Å²) in [6, 6.07) is 13.4. The average Bonchev–Trinajstić information content (AvgIpc) is 2.50. The summed E-state index contributed by atoms with van der Waals surface area (Å²) in [5.74, 6) is -0.175. The van der Waals surface area contributed by atoms with Crippen LogP contribution in [-0.2, 0) is 26.1 Å². The average molecular weight is 284 g/mol. The fraction of sp³-hybridized carbons (Fsp3) is 0.333. The van der Waals surface area contributed by atoms with E-state index in [2.05, 4.69) is 35.5 Å². The van der Waals surface area contributed by atoms with Gasteiger partial charge in [0.2, 0.25) is 0 Å². The Hall–Kier alpha value is -1.71. The van der Waals surface area contributed by atoms with Gasteiger partial charge in [-0.1, -0.05) is 30.3 Å². The van der Waals surface area contributed by atoms with E-state index < -0.39 is 0 Å². The van der Waals surface area contributed by atoms with Crippen molar-refractivity contribution in [3.8, 4) is 0 Å². The van der Waals surface area contributed by atoms with Crippen molar-refractivity contribution in [1.29, 1.82) is 0 Å². The fourth-order valence-corrected chi connectivity index (χ4v) is 3.01. The van der Waals surface area contributed by atoms with Crippen molar-refractivity contribution in [2.45, 2.75) is 26.1 Å². The minimum Gasteiger partial charge on any atom is -0.312 e. The van der Waals surface area contributed by atoms with Crippen LogP contribution in [0.4, 0.5) is 4.39 Å². The normalized spacial score (nSPS) is 14.2. The van der Waals surface area contributed by atoms with Gasteiger partial charge in [-0.2, -0.15) is 0 Å².